The zero-order chi connectivity index (χ0) is 15.0. The Kier molecular flexibility index (Phi) is 7.34. The van der Waals surface area contributed by atoms with Gasteiger partial charge >= 0.3 is 5.97 Å². The first-order valence-corrected chi connectivity index (χ1v) is 7.76. The Morgan fingerprint density at radius 3 is 2.45 bits per heavy atom. The van der Waals surface area contributed by atoms with Gasteiger partial charge in [0.2, 0.25) is 0 Å². The maximum absolute atomic E-state index is 11.9. The largest absolute Gasteiger partial charge is 0.511 e. The van der Waals surface area contributed by atoms with Crippen LogP contribution in [0.4, 0.5) is 0 Å². The van der Waals surface area contributed by atoms with Crippen LogP contribution < -0.4 is 0 Å². The number of Topliss-reactive ketones (excluding diaryl/α,β-unsaturated/α-hetero) is 1. The molecule has 0 unspecified atom stereocenters. The van der Waals surface area contributed by atoms with Crippen molar-refractivity contribution in [3.05, 3.63) is 11.3 Å². The number of aliphatic hydroxyl groups excluding tert-OH is 1. The molecule has 20 heavy (non-hydrogen) atoms. The molecule has 0 bridgehead atoms. The molecule has 1 fully saturated rings. The molecule has 114 valence electrons. The molecule has 0 aromatic rings. The van der Waals surface area contributed by atoms with Crippen LogP contribution in [0.25, 0.3) is 0 Å². The first-order valence-electron chi connectivity index (χ1n) is 7.76. The Morgan fingerprint density at radius 2 is 1.85 bits per heavy atom. The summed E-state index contributed by atoms with van der Waals surface area (Å²) in [4.78, 5) is 23.8. The Morgan fingerprint density at radius 1 is 1.15 bits per heavy atom. The van der Waals surface area contributed by atoms with Gasteiger partial charge in [0.1, 0.15) is 17.4 Å². The quantitative estimate of drug-likeness (QED) is 0.241. The van der Waals surface area contributed by atoms with Gasteiger partial charge in [-0.05, 0) is 19.3 Å². The molecule has 4 nitrogen and oxygen atoms in total. The van der Waals surface area contributed by atoms with E-state index in [1.807, 2.05) is 6.92 Å². The van der Waals surface area contributed by atoms with Crippen LogP contribution in [0.15, 0.2) is 11.3 Å². The minimum absolute atomic E-state index is 0.121. The maximum Gasteiger partial charge on any atom is 0.345 e. The van der Waals surface area contributed by atoms with Crippen LogP contribution in [-0.4, -0.2) is 23.0 Å². The first kappa shape index (κ1) is 16.7. The zero-order valence-corrected chi connectivity index (χ0v) is 12.6. The van der Waals surface area contributed by atoms with Gasteiger partial charge in [-0.3, -0.25) is 4.79 Å². The molecule has 0 radical (unpaired) electrons. The number of unbranched alkanes of at least 4 members (excludes halogenated alkanes) is 4. The van der Waals surface area contributed by atoms with Crippen LogP contribution in [-0.2, 0) is 14.3 Å². The second-order valence-electron chi connectivity index (χ2n) is 5.43. The van der Waals surface area contributed by atoms with Gasteiger partial charge in [0, 0.05) is 12.8 Å². The van der Waals surface area contributed by atoms with Crippen LogP contribution in [0.5, 0.6) is 0 Å². The predicted molar refractivity (Wildman–Crippen MR) is 77.4 cm³/mol. The van der Waals surface area contributed by atoms with E-state index < -0.39 is 5.97 Å². The van der Waals surface area contributed by atoms with Crippen molar-refractivity contribution in [1.29, 1.82) is 0 Å². The van der Waals surface area contributed by atoms with Gasteiger partial charge < -0.3 is 9.84 Å². The minimum atomic E-state index is -0.647. The van der Waals surface area contributed by atoms with E-state index in [1.54, 1.807) is 0 Å². The van der Waals surface area contributed by atoms with Crippen molar-refractivity contribution in [3.63, 3.8) is 0 Å². The molecule has 0 saturated carbocycles. The molecule has 1 aliphatic rings. The summed E-state index contributed by atoms with van der Waals surface area (Å²) in [6, 6.07) is 0. The SMILES string of the molecule is CCCCCCC[C@@H]1CC(=O)C(=C(O)CCC)C(=O)O1. The summed E-state index contributed by atoms with van der Waals surface area (Å²) >= 11 is 0. The molecular weight excluding hydrogens is 256 g/mol. The van der Waals surface area contributed by atoms with Gasteiger partial charge in [-0.1, -0.05) is 39.5 Å². The third-order valence-electron chi connectivity index (χ3n) is 3.57. The van der Waals surface area contributed by atoms with Crippen molar-refractivity contribution < 1.29 is 19.4 Å². The molecule has 1 atom stereocenters. The first-order chi connectivity index (χ1) is 9.60. The molecule has 1 N–H and O–H groups in total. The van der Waals surface area contributed by atoms with Crippen LogP contribution >= 0.6 is 0 Å². The molecule has 1 heterocycles. The van der Waals surface area contributed by atoms with Crippen molar-refractivity contribution in [2.24, 2.45) is 0 Å². The summed E-state index contributed by atoms with van der Waals surface area (Å²) < 4.78 is 5.27. The van der Waals surface area contributed by atoms with Gasteiger partial charge in [-0.25, -0.2) is 4.79 Å². The summed E-state index contributed by atoms with van der Waals surface area (Å²) in [6.45, 7) is 4.05. The van der Waals surface area contributed by atoms with E-state index in [2.05, 4.69) is 6.92 Å². The molecule has 1 aliphatic heterocycles. The average Bonchev–Trinajstić information content (AvgIpc) is 2.38. The van der Waals surface area contributed by atoms with Crippen LogP contribution in [0, 0.1) is 0 Å². The summed E-state index contributed by atoms with van der Waals surface area (Å²) in [5.41, 5.74) is -0.130. The van der Waals surface area contributed by atoms with Crippen LogP contribution in [0.2, 0.25) is 0 Å². The average molecular weight is 282 g/mol. The van der Waals surface area contributed by atoms with E-state index in [-0.39, 0.29) is 29.6 Å². The van der Waals surface area contributed by atoms with E-state index in [1.165, 1.54) is 19.3 Å². The van der Waals surface area contributed by atoms with Crippen molar-refractivity contribution in [1.82, 2.24) is 0 Å². The fourth-order valence-electron chi connectivity index (χ4n) is 2.45. The molecule has 4 heteroatoms. The van der Waals surface area contributed by atoms with Gasteiger partial charge in [0.25, 0.3) is 0 Å². The number of aliphatic hydroxyl groups is 1. The van der Waals surface area contributed by atoms with E-state index in [9.17, 15) is 14.7 Å². The Hall–Kier alpha value is -1.32. The Balaban J connectivity index is 2.46. The van der Waals surface area contributed by atoms with E-state index >= 15 is 0 Å². The molecule has 0 spiro atoms. The lowest BCUT2D eigenvalue weighted by atomic mass is 9.96. The van der Waals surface area contributed by atoms with Crippen molar-refractivity contribution in [2.75, 3.05) is 0 Å². The van der Waals surface area contributed by atoms with Crippen molar-refractivity contribution in [2.45, 2.75) is 77.7 Å². The van der Waals surface area contributed by atoms with Crippen LogP contribution in [0.1, 0.15) is 71.6 Å². The molecule has 0 amide bonds. The minimum Gasteiger partial charge on any atom is -0.511 e. The predicted octanol–water partition coefficient (Wildman–Crippen LogP) is 3.84. The van der Waals surface area contributed by atoms with Gasteiger partial charge in [-0.15, -0.1) is 0 Å². The zero-order valence-electron chi connectivity index (χ0n) is 12.6. The lowest BCUT2D eigenvalue weighted by Gasteiger charge is -2.23. The number of ether oxygens (including phenoxy) is 1. The maximum atomic E-state index is 11.9. The molecule has 1 saturated heterocycles. The number of rotatable bonds is 8. The summed E-state index contributed by atoms with van der Waals surface area (Å²) in [7, 11) is 0. The van der Waals surface area contributed by atoms with Crippen molar-refractivity contribution >= 4 is 11.8 Å². The fourth-order valence-corrected chi connectivity index (χ4v) is 2.45. The Bertz CT molecular complexity index is 351. The number of cyclic esters (lactones) is 1. The number of ketones is 1. The number of hydrogen-bond acceptors (Lipinski definition) is 4. The summed E-state index contributed by atoms with van der Waals surface area (Å²) in [6.07, 6.45) is 7.37. The molecule has 0 aromatic carbocycles. The van der Waals surface area contributed by atoms with Crippen LogP contribution in [0.3, 0.4) is 0 Å². The smallest absolute Gasteiger partial charge is 0.345 e. The molecule has 0 aliphatic carbocycles. The standard InChI is InChI=1S/C16H26O4/c1-3-5-6-7-8-10-12-11-14(18)15(16(19)20-12)13(17)9-4-2/h12,17H,3-11H2,1-2H3/t12-/m1/s1. The molecule has 1 rings (SSSR count). The molecule has 0 aromatic heterocycles. The number of carbonyl (C=O) groups is 2. The van der Waals surface area contributed by atoms with Crippen molar-refractivity contribution in [3.8, 4) is 0 Å². The monoisotopic (exact) mass is 282 g/mol. The number of esters is 1. The highest BCUT2D eigenvalue weighted by Gasteiger charge is 2.34. The lowest BCUT2D eigenvalue weighted by Crippen LogP contribution is -2.33. The highest BCUT2D eigenvalue weighted by molar-refractivity contribution is 6.19. The van der Waals surface area contributed by atoms with Gasteiger partial charge in [0.15, 0.2) is 5.78 Å². The van der Waals surface area contributed by atoms with Gasteiger partial charge in [-0.2, -0.15) is 0 Å². The van der Waals surface area contributed by atoms with E-state index in [0.29, 0.717) is 12.8 Å². The topological polar surface area (TPSA) is 63.6 Å². The van der Waals surface area contributed by atoms with E-state index in [4.69, 9.17) is 4.74 Å². The third kappa shape index (κ3) is 4.99. The molecular formula is C16H26O4. The number of carbonyl (C=O) groups excluding carboxylic acids is 2. The number of allylic oxidation sites excluding steroid dienone is 1. The Labute approximate surface area is 121 Å². The second kappa shape index (κ2) is 8.77. The highest BCUT2D eigenvalue weighted by Crippen LogP contribution is 2.24. The summed E-state index contributed by atoms with van der Waals surface area (Å²) in [5.74, 6) is -1.04. The fraction of sp³-hybridized carbons (Fsp3) is 0.750. The lowest BCUT2D eigenvalue weighted by molar-refractivity contribution is -0.151. The third-order valence-corrected chi connectivity index (χ3v) is 3.57. The normalized spacial score (nSPS) is 21.8. The second-order valence-corrected chi connectivity index (χ2v) is 5.43. The van der Waals surface area contributed by atoms with E-state index in [0.717, 1.165) is 19.3 Å². The summed E-state index contributed by atoms with van der Waals surface area (Å²) in [5, 5.41) is 9.73. The highest BCUT2D eigenvalue weighted by atomic mass is 16.5. The van der Waals surface area contributed by atoms with Gasteiger partial charge in [0.05, 0.1) is 0 Å². The number of hydrogen-bond donors (Lipinski definition) is 1.